The second kappa shape index (κ2) is 4.19. The van der Waals surface area contributed by atoms with Gasteiger partial charge in [-0.3, -0.25) is 0 Å². The molecule has 0 aliphatic rings. The number of rotatable bonds is 2. The normalized spacial score (nSPS) is 14.1. The van der Waals surface area contributed by atoms with Crippen molar-refractivity contribution in [2.75, 3.05) is 0 Å². The zero-order valence-electron chi connectivity index (χ0n) is 6.31. The molecule has 0 unspecified atom stereocenters. The van der Waals surface area contributed by atoms with Crippen LogP contribution in [0.4, 0.5) is 0 Å². The van der Waals surface area contributed by atoms with Gasteiger partial charge < -0.3 is 5.11 Å². The number of hydrogen-bond acceptors (Lipinski definition) is 1. The summed E-state index contributed by atoms with van der Waals surface area (Å²) in [5, 5.41) is 9.05. The molecule has 0 saturated carbocycles. The summed E-state index contributed by atoms with van der Waals surface area (Å²) in [6.07, 6.45) is 4.67. The van der Waals surface area contributed by atoms with Crippen molar-refractivity contribution in [1.82, 2.24) is 0 Å². The van der Waals surface area contributed by atoms with Gasteiger partial charge in [-0.25, -0.2) is 0 Å². The number of hydrogen-bond donors (Lipinski definition) is 1. The average molecular weight is 126 g/mol. The Bertz CT molecular complexity index is 132. The highest BCUT2D eigenvalue weighted by atomic mass is 16.3. The van der Waals surface area contributed by atoms with Crippen LogP contribution in [-0.4, -0.2) is 5.11 Å². The van der Waals surface area contributed by atoms with Crippen molar-refractivity contribution in [2.45, 2.75) is 27.2 Å². The molecule has 0 aromatic heterocycles. The number of aliphatic hydroxyl groups is 1. The van der Waals surface area contributed by atoms with Crippen LogP contribution in [-0.2, 0) is 0 Å². The zero-order valence-corrected chi connectivity index (χ0v) is 6.31. The lowest BCUT2D eigenvalue weighted by molar-refractivity contribution is 0.422. The van der Waals surface area contributed by atoms with Crippen LogP contribution in [0.15, 0.2) is 23.5 Å². The second-order valence-electron chi connectivity index (χ2n) is 1.97. The lowest BCUT2D eigenvalue weighted by Gasteiger charge is -1.95. The van der Waals surface area contributed by atoms with E-state index in [0.29, 0.717) is 5.76 Å². The van der Waals surface area contributed by atoms with Crippen molar-refractivity contribution >= 4 is 0 Å². The Morgan fingerprint density at radius 1 is 1.56 bits per heavy atom. The molecule has 0 aromatic rings. The second-order valence-corrected chi connectivity index (χ2v) is 1.97. The van der Waals surface area contributed by atoms with Crippen LogP contribution >= 0.6 is 0 Å². The molecule has 0 fully saturated rings. The van der Waals surface area contributed by atoms with Crippen LogP contribution in [0.25, 0.3) is 0 Å². The van der Waals surface area contributed by atoms with Gasteiger partial charge in [0.25, 0.3) is 0 Å². The summed E-state index contributed by atoms with van der Waals surface area (Å²) >= 11 is 0. The van der Waals surface area contributed by atoms with Crippen LogP contribution in [0.1, 0.15) is 27.2 Å². The first-order chi connectivity index (χ1) is 4.22. The van der Waals surface area contributed by atoms with Crippen molar-refractivity contribution in [1.29, 1.82) is 0 Å². The molecule has 0 aliphatic carbocycles. The highest BCUT2D eigenvalue weighted by molar-refractivity contribution is 5.21. The molecule has 52 valence electrons. The number of aliphatic hydroxyl groups excluding tert-OH is 1. The first-order valence-electron chi connectivity index (χ1n) is 3.24. The molecule has 0 atom stereocenters. The smallest absolute Gasteiger partial charge is 0.113 e. The fourth-order valence-electron chi connectivity index (χ4n) is 0.638. The molecular weight excluding hydrogens is 112 g/mol. The van der Waals surface area contributed by atoms with E-state index in [1.807, 2.05) is 26.8 Å². The minimum absolute atomic E-state index is 0.386. The third-order valence-corrected chi connectivity index (χ3v) is 1.19. The fraction of sp³-hybridized carbons (Fsp3) is 0.500. The standard InChI is InChI=1S/C8H14O/c1-4-6-7(3)8(9)5-2/h5-6,9H,4H2,1-3H3/b7-6-,8-5+. The Labute approximate surface area is 56.7 Å². The average Bonchev–Trinajstić information content (AvgIpc) is 1.87. The van der Waals surface area contributed by atoms with E-state index in [-0.39, 0.29) is 0 Å². The molecule has 0 radical (unpaired) electrons. The third-order valence-electron chi connectivity index (χ3n) is 1.19. The molecule has 0 aromatic carbocycles. The van der Waals surface area contributed by atoms with Gasteiger partial charge in [-0.05, 0) is 31.9 Å². The van der Waals surface area contributed by atoms with Crippen molar-refractivity contribution in [3.63, 3.8) is 0 Å². The molecule has 1 heteroatoms. The van der Waals surface area contributed by atoms with E-state index in [2.05, 4.69) is 0 Å². The van der Waals surface area contributed by atoms with Crippen molar-refractivity contribution in [3.05, 3.63) is 23.5 Å². The Hall–Kier alpha value is -0.720. The van der Waals surface area contributed by atoms with Gasteiger partial charge in [0.15, 0.2) is 0 Å². The third kappa shape index (κ3) is 2.96. The van der Waals surface area contributed by atoms with Gasteiger partial charge in [-0.1, -0.05) is 13.0 Å². The molecule has 0 rings (SSSR count). The van der Waals surface area contributed by atoms with E-state index in [9.17, 15) is 0 Å². The first-order valence-corrected chi connectivity index (χ1v) is 3.24. The van der Waals surface area contributed by atoms with Gasteiger partial charge >= 0.3 is 0 Å². The minimum atomic E-state index is 0.386. The molecule has 0 heterocycles. The lowest BCUT2D eigenvalue weighted by Crippen LogP contribution is -1.80. The summed E-state index contributed by atoms with van der Waals surface area (Å²) in [6.45, 7) is 5.77. The van der Waals surface area contributed by atoms with Gasteiger partial charge in [0, 0.05) is 0 Å². The van der Waals surface area contributed by atoms with Crippen LogP contribution in [0.2, 0.25) is 0 Å². The quantitative estimate of drug-likeness (QED) is 0.445. The maximum Gasteiger partial charge on any atom is 0.113 e. The van der Waals surface area contributed by atoms with E-state index >= 15 is 0 Å². The van der Waals surface area contributed by atoms with Crippen molar-refractivity contribution in [3.8, 4) is 0 Å². The topological polar surface area (TPSA) is 20.2 Å². The van der Waals surface area contributed by atoms with Crippen LogP contribution in [0.3, 0.4) is 0 Å². The Morgan fingerprint density at radius 3 is 2.44 bits per heavy atom. The van der Waals surface area contributed by atoms with Crippen LogP contribution < -0.4 is 0 Å². The van der Waals surface area contributed by atoms with Gasteiger partial charge in [0.05, 0.1) is 0 Å². The summed E-state index contributed by atoms with van der Waals surface area (Å²) in [4.78, 5) is 0. The Balaban J connectivity index is 4.03. The maximum absolute atomic E-state index is 9.05. The van der Waals surface area contributed by atoms with E-state index in [1.54, 1.807) is 6.08 Å². The lowest BCUT2D eigenvalue weighted by atomic mass is 10.2. The van der Waals surface area contributed by atoms with Crippen LogP contribution in [0.5, 0.6) is 0 Å². The molecule has 0 spiro atoms. The Morgan fingerprint density at radius 2 is 2.11 bits per heavy atom. The largest absolute Gasteiger partial charge is 0.508 e. The van der Waals surface area contributed by atoms with E-state index in [1.165, 1.54) is 0 Å². The number of allylic oxidation sites excluding steroid dienone is 3. The first kappa shape index (κ1) is 8.28. The molecule has 1 N–H and O–H groups in total. The highest BCUT2D eigenvalue weighted by Gasteiger charge is 1.90. The predicted octanol–water partition coefficient (Wildman–Crippen LogP) is 2.80. The molecular formula is C8H14O. The zero-order chi connectivity index (χ0) is 7.28. The summed E-state index contributed by atoms with van der Waals surface area (Å²) < 4.78 is 0. The van der Waals surface area contributed by atoms with Gasteiger partial charge in [0.1, 0.15) is 5.76 Å². The summed E-state index contributed by atoms with van der Waals surface area (Å²) in [5.41, 5.74) is 0.958. The summed E-state index contributed by atoms with van der Waals surface area (Å²) in [6, 6.07) is 0. The van der Waals surface area contributed by atoms with Crippen LogP contribution in [0, 0.1) is 0 Å². The maximum atomic E-state index is 9.05. The molecule has 9 heavy (non-hydrogen) atoms. The highest BCUT2D eigenvalue weighted by Crippen LogP contribution is 2.04. The van der Waals surface area contributed by atoms with E-state index in [4.69, 9.17) is 5.11 Å². The monoisotopic (exact) mass is 126 g/mol. The van der Waals surface area contributed by atoms with Gasteiger partial charge in [-0.2, -0.15) is 0 Å². The molecule has 0 aliphatic heterocycles. The summed E-state index contributed by atoms with van der Waals surface area (Å²) in [7, 11) is 0. The predicted molar refractivity (Wildman–Crippen MR) is 40.4 cm³/mol. The van der Waals surface area contributed by atoms with E-state index < -0.39 is 0 Å². The minimum Gasteiger partial charge on any atom is -0.508 e. The Kier molecular flexibility index (Phi) is 3.85. The van der Waals surface area contributed by atoms with E-state index in [0.717, 1.165) is 12.0 Å². The molecule has 0 bridgehead atoms. The van der Waals surface area contributed by atoms with Crippen molar-refractivity contribution < 1.29 is 5.11 Å². The fourth-order valence-corrected chi connectivity index (χ4v) is 0.638. The van der Waals surface area contributed by atoms with Crippen molar-refractivity contribution in [2.24, 2.45) is 0 Å². The molecule has 0 saturated heterocycles. The molecule has 0 amide bonds. The van der Waals surface area contributed by atoms with Gasteiger partial charge in [-0.15, -0.1) is 0 Å². The molecule has 1 nitrogen and oxygen atoms in total. The summed E-state index contributed by atoms with van der Waals surface area (Å²) in [5.74, 6) is 0.386. The van der Waals surface area contributed by atoms with Gasteiger partial charge in [0.2, 0.25) is 0 Å². The SMILES string of the molecule is C/C=C(O)\C(C)=C/CC.